The molecule has 100 valence electrons. The average molecular weight is 264 g/mol. The van der Waals surface area contributed by atoms with Crippen molar-refractivity contribution >= 4 is 23.7 Å². The summed E-state index contributed by atoms with van der Waals surface area (Å²) in [6.45, 7) is 0. The SMILES string of the molecule is O=C1CC[C@H](NC(=O)Nc2ccc(O)cn2)C(=O)N1. The Morgan fingerprint density at radius 2 is 2.21 bits per heavy atom. The number of piperidine rings is 1. The molecule has 1 fully saturated rings. The van der Waals surface area contributed by atoms with Crippen LogP contribution in [0.15, 0.2) is 18.3 Å². The highest BCUT2D eigenvalue weighted by atomic mass is 16.3. The Hall–Kier alpha value is -2.64. The molecule has 1 aliphatic heterocycles. The Labute approximate surface area is 108 Å². The molecule has 1 aromatic rings. The lowest BCUT2D eigenvalue weighted by atomic mass is 10.1. The molecular formula is C11H12N4O4. The van der Waals surface area contributed by atoms with E-state index in [1.54, 1.807) is 0 Å². The number of hydrogen-bond donors (Lipinski definition) is 4. The minimum absolute atomic E-state index is 0.0175. The lowest BCUT2D eigenvalue weighted by Gasteiger charge is -2.21. The number of anilines is 1. The van der Waals surface area contributed by atoms with Gasteiger partial charge in [-0.25, -0.2) is 9.78 Å². The number of pyridine rings is 1. The molecule has 4 N–H and O–H groups in total. The summed E-state index contributed by atoms with van der Waals surface area (Å²) < 4.78 is 0. The maximum absolute atomic E-state index is 11.6. The van der Waals surface area contributed by atoms with Crippen LogP contribution < -0.4 is 16.0 Å². The van der Waals surface area contributed by atoms with Crippen molar-refractivity contribution in [2.24, 2.45) is 0 Å². The van der Waals surface area contributed by atoms with Gasteiger partial charge in [-0.15, -0.1) is 0 Å². The van der Waals surface area contributed by atoms with E-state index in [2.05, 4.69) is 20.9 Å². The minimum atomic E-state index is -0.741. The lowest BCUT2D eigenvalue weighted by molar-refractivity contribution is -0.134. The first-order valence-corrected chi connectivity index (χ1v) is 5.61. The number of hydrogen-bond acceptors (Lipinski definition) is 5. The summed E-state index contributed by atoms with van der Waals surface area (Å²) in [5, 5.41) is 16.0. The first-order chi connectivity index (χ1) is 9.04. The van der Waals surface area contributed by atoms with E-state index in [-0.39, 0.29) is 30.3 Å². The second kappa shape index (κ2) is 5.34. The van der Waals surface area contributed by atoms with Crippen LogP contribution in [0.3, 0.4) is 0 Å². The van der Waals surface area contributed by atoms with Gasteiger partial charge < -0.3 is 10.4 Å². The van der Waals surface area contributed by atoms with Gasteiger partial charge in [-0.1, -0.05) is 0 Å². The van der Waals surface area contributed by atoms with Gasteiger partial charge in [0.25, 0.3) is 0 Å². The molecule has 0 spiro atoms. The molecule has 0 bridgehead atoms. The van der Waals surface area contributed by atoms with E-state index < -0.39 is 18.0 Å². The number of imide groups is 1. The smallest absolute Gasteiger partial charge is 0.321 e. The molecule has 8 nitrogen and oxygen atoms in total. The first-order valence-electron chi connectivity index (χ1n) is 5.61. The van der Waals surface area contributed by atoms with Crippen molar-refractivity contribution in [2.45, 2.75) is 18.9 Å². The molecule has 4 amide bonds. The molecule has 0 aromatic carbocycles. The van der Waals surface area contributed by atoms with Gasteiger partial charge in [0, 0.05) is 6.42 Å². The Kier molecular flexibility index (Phi) is 3.60. The number of urea groups is 1. The fourth-order valence-electron chi connectivity index (χ4n) is 1.60. The first kappa shape index (κ1) is 12.8. The number of amides is 4. The zero-order valence-corrected chi connectivity index (χ0v) is 9.84. The molecule has 1 aliphatic rings. The third-order valence-corrected chi connectivity index (χ3v) is 2.53. The number of nitrogens with one attached hydrogen (secondary N) is 3. The van der Waals surface area contributed by atoms with Gasteiger partial charge >= 0.3 is 6.03 Å². The summed E-state index contributed by atoms with van der Waals surface area (Å²) in [6, 6.07) is 1.44. The number of aromatic hydroxyl groups is 1. The molecule has 19 heavy (non-hydrogen) atoms. The van der Waals surface area contributed by atoms with Crippen molar-refractivity contribution < 1.29 is 19.5 Å². The highest BCUT2D eigenvalue weighted by molar-refractivity contribution is 6.02. The highest BCUT2D eigenvalue weighted by Crippen LogP contribution is 2.10. The number of carbonyl (C=O) groups excluding carboxylic acids is 3. The van der Waals surface area contributed by atoms with E-state index in [1.807, 2.05) is 0 Å². The molecule has 1 atom stereocenters. The quantitative estimate of drug-likeness (QED) is 0.547. The summed E-state index contributed by atoms with van der Waals surface area (Å²) in [6.07, 6.45) is 1.64. The van der Waals surface area contributed by atoms with E-state index in [0.717, 1.165) is 0 Å². The van der Waals surface area contributed by atoms with E-state index in [0.29, 0.717) is 0 Å². The molecule has 2 rings (SSSR count). The van der Waals surface area contributed by atoms with Crippen molar-refractivity contribution in [3.8, 4) is 5.75 Å². The van der Waals surface area contributed by atoms with E-state index in [1.165, 1.54) is 18.3 Å². The topological polar surface area (TPSA) is 120 Å². The monoisotopic (exact) mass is 264 g/mol. The summed E-state index contributed by atoms with van der Waals surface area (Å²) in [5.41, 5.74) is 0. The van der Waals surface area contributed by atoms with Crippen molar-refractivity contribution in [3.63, 3.8) is 0 Å². The normalized spacial score (nSPS) is 18.6. The van der Waals surface area contributed by atoms with Gasteiger partial charge in [0.2, 0.25) is 11.8 Å². The van der Waals surface area contributed by atoms with Gasteiger partial charge in [0.15, 0.2) is 0 Å². The molecule has 0 aliphatic carbocycles. The van der Waals surface area contributed by atoms with Crippen LogP contribution in [0.25, 0.3) is 0 Å². The Morgan fingerprint density at radius 3 is 2.84 bits per heavy atom. The third-order valence-electron chi connectivity index (χ3n) is 2.53. The van der Waals surface area contributed by atoms with Crippen LogP contribution in [0.2, 0.25) is 0 Å². The van der Waals surface area contributed by atoms with Gasteiger partial charge in [0.05, 0.1) is 6.20 Å². The summed E-state index contributed by atoms with van der Waals surface area (Å²) in [5.74, 6) is -0.646. The minimum Gasteiger partial charge on any atom is -0.506 e. The standard InChI is InChI=1S/C11H12N4O4/c16-6-1-3-8(12-5-6)14-11(19)13-7-2-4-9(17)15-10(7)18/h1,3,5,7,16H,2,4H2,(H,15,17,18)(H2,12,13,14,19)/t7-/m0/s1. The Morgan fingerprint density at radius 1 is 1.42 bits per heavy atom. The molecule has 0 radical (unpaired) electrons. The van der Waals surface area contributed by atoms with Crippen molar-refractivity contribution in [3.05, 3.63) is 18.3 Å². The maximum Gasteiger partial charge on any atom is 0.321 e. The predicted octanol–water partition coefficient (Wildman–Crippen LogP) is -0.286. The molecule has 1 saturated heterocycles. The maximum atomic E-state index is 11.6. The van der Waals surface area contributed by atoms with Crippen molar-refractivity contribution in [2.75, 3.05) is 5.32 Å². The molecular weight excluding hydrogens is 252 g/mol. The van der Waals surface area contributed by atoms with Crippen LogP contribution in [-0.2, 0) is 9.59 Å². The van der Waals surface area contributed by atoms with Crippen LogP contribution in [-0.4, -0.2) is 34.0 Å². The van der Waals surface area contributed by atoms with E-state index in [9.17, 15) is 14.4 Å². The van der Waals surface area contributed by atoms with E-state index in [4.69, 9.17) is 5.11 Å². The lowest BCUT2D eigenvalue weighted by Crippen LogP contribution is -2.53. The second-order valence-electron chi connectivity index (χ2n) is 4.00. The molecule has 0 unspecified atom stereocenters. The van der Waals surface area contributed by atoms with Crippen LogP contribution in [0.1, 0.15) is 12.8 Å². The second-order valence-corrected chi connectivity index (χ2v) is 4.00. The van der Waals surface area contributed by atoms with Crippen LogP contribution >= 0.6 is 0 Å². The average Bonchev–Trinajstić information content (AvgIpc) is 2.36. The summed E-state index contributed by atoms with van der Waals surface area (Å²) >= 11 is 0. The fraction of sp³-hybridized carbons (Fsp3) is 0.273. The van der Waals surface area contributed by atoms with Gasteiger partial charge in [-0.05, 0) is 18.6 Å². The highest BCUT2D eigenvalue weighted by Gasteiger charge is 2.27. The van der Waals surface area contributed by atoms with Gasteiger partial charge in [-0.3, -0.25) is 20.2 Å². The fourth-order valence-corrected chi connectivity index (χ4v) is 1.60. The van der Waals surface area contributed by atoms with Gasteiger partial charge in [-0.2, -0.15) is 0 Å². The zero-order chi connectivity index (χ0) is 13.8. The largest absolute Gasteiger partial charge is 0.506 e. The molecule has 1 aromatic heterocycles. The van der Waals surface area contributed by atoms with Gasteiger partial charge in [0.1, 0.15) is 17.6 Å². The van der Waals surface area contributed by atoms with Crippen LogP contribution in [0.5, 0.6) is 5.75 Å². The van der Waals surface area contributed by atoms with Crippen molar-refractivity contribution in [1.29, 1.82) is 0 Å². The zero-order valence-electron chi connectivity index (χ0n) is 9.84. The van der Waals surface area contributed by atoms with Crippen LogP contribution in [0.4, 0.5) is 10.6 Å². The molecule has 0 saturated carbocycles. The molecule has 2 heterocycles. The predicted molar refractivity (Wildman–Crippen MR) is 64.2 cm³/mol. The van der Waals surface area contributed by atoms with E-state index >= 15 is 0 Å². The number of carbonyl (C=O) groups is 3. The summed E-state index contributed by atoms with van der Waals surface area (Å²) in [7, 11) is 0. The summed E-state index contributed by atoms with van der Waals surface area (Å²) in [4.78, 5) is 37.7. The Bertz CT molecular complexity index is 514. The molecule has 8 heteroatoms. The number of rotatable bonds is 2. The Balaban J connectivity index is 1.89. The number of nitrogens with zero attached hydrogens (tertiary/aromatic N) is 1. The third kappa shape index (κ3) is 3.41. The van der Waals surface area contributed by atoms with Crippen LogP contribution in [0, 0.1) is 0 Å². The number of aromatic nitrogens is 1. The van der Waals surface area contributed by atoms with Crippen molar-refractivity contribution in [1.82, 2.24) is 15.6 Å².